The Hall–Kier alpha value is -2.48. The smallest absolute Gasteiger partial charge is 0.266 e. The number of benzene rings is 1. The van der Waals surface area contributed by atoms with Gasteiger partial charge < -0.3 is 19.5 Å². The minimum absolute atomic E-state index is 0.217. The van der Waals surface area contributed by atoms with Crippen molar-refractivity contribution in [2.45, 2.75) is 6.61 Å². The molecule has 2 aromatic heterocycles. The quantitative estimate of drug-likeness (QED) is 0.625. The molecule has 1 aliphatic heterocycles. The average Bonchev–Trinajstić information content (AvgIpc) is 3.31. The number of nitrogens with one attached hydrogen (secondary N) is 1. The number of thiophene rings is 1. The SMILES string of the molecule is O=C(Nc1ncc(Cl)cc1Cl)c1cc(COc2ccc3c(c2)OCO3)cs1. The van der Waals surface area contributed by atoms with E-state index in [9.17, 15) is 4.79 Å². The summed E-state index contributed by atoms with van der Waals surface area (Å²) < 4.78 is 16.3. The van der Waals surface area contributed by atoms with Gasteiger partial charge in [0.25, 0.3) is 5.91 Å². The zero-order valence-electron chi connectivity index (χ0n) is 13.7. The Morgan fingerprint density at radius 3 is 2.93 bits per heavy atom. The Kier molecular flexibility index (Phi) is 5.07. The number of anilines is 1. The predicted octanol–water partition coefficient (Wildman–Crippen LogP) is 5.01. The van der Waals surface area contributed by atoms with Crippen LogP contribution in [0.3, 0.4) is 0 Å². The Bertz CT molecular complexity index is 1010. The third-order valence-corrected chi connectivity index (χ3v) is 5.14. The number of hydrogen-bond donors (Lipinski definition) is 1. The highest BCUT2D eigenvalue weighted by molar-refractivity contribution is 7.12. The zero-order valence-corrected chi connectivity index (χ0v) is 16.0. The van der Waals surface area contributed by atoms with E-state index in [0.29, 0.717) is 33.8 Å². The van der Waals surface area contributed by atoms with Crippen molar-refractivity contribution >= 4 is 46.3 Å². The van der Waals surface area contributed by atoms with Crippen molar-refractivity contribution in [1.82, 2.24) is 4.98 Å². The number of nitrogens with zero attached hydrogens (tertiary/aromatic N) is 1. The molecule has 0 atom stereocenters. The molecule has 0 aliphatic carbocycles. The molecule has 138 valence electrons. The molecule has 1 aliphatic rings. The second-order valence-electron chi connectivity index (χ2n) is 5.56. The van der Waals surface area contributed by atoms with E-state index in [4.69, 9.17) is 37.4 Å². The van der Waals surface area contributed by atoms with Crippen LogP contribution in [0.2, 0.25) is 10.0 Å². The molecule has 1 N–H and O–H groups in total. The van der Waals surface area contributed by atoms with Crippen LogP contribution in [0, 0.1) is 0 Å². The molecule has 0 radical (unpaired) electrons. The first-order chi connectivity index (χ1) is 13.1. The topological polar surface area (TPSA) is 69.7 Å². The highest BCUT2D eigenvalue weighted by Gasteiger charge is 2.15. The number of carbonyl (C=O) groups excluding carboxylic acids is 1. The average molecular weight is 423 g/mol. The van der Waals surface area contributed by atoms with Gasteiger partial charge in [-0.2, -0.15) is 0 Å². The summed E-state index contributed by atoms with van der Waals surface area (Å²) in [7, 11) is 0. The third-order valence-electron chi connectivity index (χ3n) is 3.67. The zero-order chi connectivity index (χ0) is 18.8. The summed E-state index contributed by atoms with van der Waals surface area (Å²) >= 11 is 13.1. The second-order valence-corrected chi connectivity index (χ2v) is 7.32. The van der Waals surface area contributed by atoms with Crippen molar-refractivity contribution in [2.75, 3.05) is 12.1 Å². The molecule has 0 bridgehead atoms. The summed E-state index contributed by atoms with van der Waals surface area (Å²) in [6.07, 6.45) is 1.42. The summed E-state index contributed by atoms with van der Waals surface area (Å²) in [5.74, 6) is 1.98. The van der Waals surface area contributed by atoms with Crippen LogP contribution in [-0.4, -0.2) is 17.7 Å². The maximum Gasteiger partial charge on any atom is 0.266 e. The number of fused-ring (bicyclic) bond motifs is 1. The number of amides is 1. The molecule has 27 heavy (non-hydrogen) atoms. The minimum Gasteiger partial charge on any atom is -0.489 e. The van der Waals surface area contributed by atoms with Gasteiger partial charge in [-0.15, -0.1) is 11.3 Å². The fourth-order valence-corrected chi connectivity index (χ4v) is 3.60. The molecule has 6 nitrogen and oxygen atoms in total. The summed E-state index contributed by atoms with van der Waals surface area (Å²) in [6, 6.07) is 8.66. The van der Waals surface area contributed by atoms with Gasteiger partial charge in [0, 0.05) is 17.8 Å². The van der Waals surface area contributed by atoms with E-state index in [1.54, 1.807) is 18.2 Å². The molecule has 0 spiro atoms. The summed E-state index contributed by atoms with van der Waals surface area (Å²) in [4.78, 5) is 16.9. The highest BCUT2D eigenvalue weighted by atomic mass is 35.5. The lowest BCUT2D eigenvalue weighted by Gasteiger charge is -2.06. The minimum atomic E-state index is -0.300. The van der Waals surface area contributed by atoms with Crippen LogP contribution in [0.4, 0.5) is 5.82 Å². The molecular weight excluding hydrogens is 411 g/mol. The monoisotopic (exact) mass is 422 g/mol. The largest absolute Gasteiger partial charge is 0.489 e. The molecule has 1 aromatic carbocycles. The standard InChI is InChI=1S/C18H12Cl2N2O4S/c19-11-4-13(20)17(21-6-11)22-18(23)16-3-10(8-27-16)7-24-12-1-2-14-15(5-12)26-9-25-14/h1-6,8H,7,9H2,(H,21,22,23). The van der Waals surface area contributed by atoms with Gasteiger partial charge in [0.05, 0.1) is 14.9 Å². The van der Waals surface area contributed by atoms with Crippen LogP contribution >= 0.6 is 34.5 Å². The second kappa shape index (κ2) is 7.64. The number of ether oxygens (including phenoxy) is 3. The fourth-order valence-electron chi connectivity index (χ4n) is 2.38. The van der Waals surface area contributed by atoms with Crippen molar-refractivity contribution in [1.29, 1.82) is 0 Å². The fraction of sp³-hybridized carbons (Fsp3) is 0.111. The number of rotatable bonds is 5. The number of hydrogen-bond acceptors (Lipinski definition) is 6. The first kappa shape index (κ1) is 17.9. The van der Waals surface area contributed by atoms with Crippen LogP contribution < -0.4 is 19.5 Å². The van der Waals surface area contributed by atoms with Gasteiger partial charge in [0.15, 0.2) is 17.3 Å². The van der Waals surface area contributed by atoms with E-state index in [-0.39, 0.29) is 23.5 Å². The van der Waals surface area contributed by atoms with Gasteiger partial charge in [-0.3, -0.25) is 4.79 Å². The normalized spacial score (nSPS) is 12.1. The van der Waals surface area contributed by atoms with Gasteiger partial charge in [-0.1, -0.05) is 23.2 Å². The highest BCUT2D eigenvalue weighted by Crippen LogP contribution is 2.35. The molecule has 4 rings (SSSR count). The third kappa shape index (κ3) is 4.10. The first-order valence-corrected chi connectivity index (χ1v) is 9.44. The van der Waals surface area contributed by atoms with Crippen molar-refractivity contribution in [3.8, 4) is 17.2 Å². The van der Waals surface area contributed by atoms with E-state index in [1.165, 1.54) is 23.6 Å². The molecule has 0 unspecified atom stereocenters. The molecule has 9 heteroatoms. The van der Waals surface area contributed by atoms with Crippen LogP contribution in [0.1, 0.15) is 15.2 Å². The van der Waals surface area contributed by atoms with Crippen molar-refractivity contribution in [3.05, 3.63) is 62.4 Å². The van der Waals surface area contributed by atoms with Crippen molar-refractivity contribution in [3.63, 3.8) is 0 Å². The van der Waals surface area contributed by atoms with Gasteiger partial charge in [0.1, 0.15) is 12.4 Å². The number of pyridine rings is 1. The number of carbonyl (C=O) groups is 1. The van der Waals surface area contributed by atoms with Crippen molar-refractivity contribution in [2.24, 2.45) is 0 Å². The maximum atomic E-state index is 12.4. The molecule has 3 aromatic rings. The lowest BCUT2D eigenvalue weighted by atomic mass is 10.3. The molecule has 3 heterocycles. The molecular formula is C18H12Cl2N2O4S. The van der Waals surface area contributed by atoms with Gasteiger partial charge in [-0.05, 0) is 29.6 Å². The van der Waals surface area contributed by atoms with E-state index in [1.807, 2.05) is 11.4 Å². The molecule has 1 amide bonds. The Labute approximate surface area is 168 Å². The van der Waals surface area contributed by atoms with Crippen molar-refractivity contribution < 1.29 is 19.0 Å². The van der Waals surface area contributed by atoms with Gasteiger partial charge in [0.2, 0.25) is 6.79 Å². The Balaban J connectivity index is 1.38. The lowest BCUT2D eigenvalue weighted by molar-refractivity contribution is 0.103. The van der Waals surface area contributed by atoms with Crippen LogP contribution in [0.25, 0.3) is 0 Å². The van der Waals surface area contributed by atoms with Gasteiger partial charge >= 0.3 is 0 Å². The van der Waals surface area contributed by atoms with E-state index >= 15 is 0 Å². The first-order valence-electron chi connectivity index (χ1n) is 7.81. The predicted molar refractivity (Wildman–Crippen MR) is 103 cm³/mol. The maximum absolute atomic E-state index is 12.4. The van der Waals surface area contributed by atoms with Gasteiger partial charge in [-0.25, -0.2) is 4.98 Å². The van der Waals surface area contributed by atoms with E-state index < -0.39 is 0 Å². The van der Waals surface area contributed by atoms with E-state index in [0.717, 1.165) is 5.56 Å². The van der Waals surface area contributed by atoms with Crippen LogP contribution in [-0.2, 0) is 6.61 Å². The van der Waals surface area contributed by atoms with Crippen LogP contribution in [0.5, 0.6) is 17.2 Å². The summed E-state index contributed by atoms with van der Waals surface area (Å²) in [6.45, 7) is 0.539. The molecule has 0 saturated heterocycles. The lowest BCUT2D eigenvalue weighted by Crippen LogP contribution is -2.11. The number of aromatic nitrogens is 1. The Morgan fingerprint density at radius 1 is 1.22 bits per heavy atom. The molecule has 0 saturated carbocycles. The number of halogens is 2. The van der Waals surface area contributed by atoms with Crippen LogP contribution in [0.15, 0.2) is 41.9 Å². The molecule has 0 fully saturated rings. The Morgan fingerprint density at radius 2 is 2.07 bits per heavy atom. The summed E-state index contributed by atoms with van der Waals surface area (Å²) in [5, 5.41) is 5.20. The van der Waals surface area contributed by atoms with E-state index in [2.05, 4.69) is 10.3 Å². The summed E-state index contributed by atoms with van der Waals surface area (Å²) in [5.41, 5.74) is 0.873.